The Morgan fingerprint density at radius 1 is 0.912 bits per heavy atom. The maximum atomic E-state index is 7.00. The summed E-state index contributed by atoms with van der Waals surface area (Å²) in [6, 6.07) is 23.5. The van der Waals surface area contributed by atoms with E-state index in [4.69, 9.17) is 9.73 Å². The summed E-state index contributed by atoms with van der Waals surface area (Å²) in [5.74, 6) is 1.75. The Hall–Kier alpha value is -3.86. The molecule has 1 aromatic heterocycles. The van der Waals surface area contributed by atoms with Gasteiger partial charge in [0.2, 0.25) is 5.72 Å². The number of para-hydroxylation sites is 1. The lowest BCUT2D eigenvalue weighted by atomic mass is 9.78. The average Bonchev–Trinajstić information content (AvgIpc) is 3.36. The van der Waals surface area contributed by atoms with Gasteiger partial charge in [0.15, 0.2) is 5.75 Å². The van der Waals surface area contributed by atoms with Gasteiger partial charge in [-0.25, -0.2) is 4.98 Å². The topological polar surface area (TPSA) is 41.0 Å². The predicted octanol–water partition coefficient (Wildman–Crippen LogP) is 6.15. The number of rotatable bonds is 1. The molecule has 0 N–H and O–H groups in total. The van der Waals surface area contributed by atoms with Crippen LogP contribution in [-0.4, -0.2) is 30.5 Å². The first-order valence-electron chi connectivity index (χ1n) is 11.9. The second-order valence-electron chi connectivity index (χ2n) is 9.93. The van der Waals surface area contributed by atoms with Crippen molar-refractivity contribution in [1.82, 2.24) is 4.98 Å². The molecule has 7 rings (SSSR count). The van der Waals surface area contributed by atoms with Gasteiger partial charge in [-0.1, -0.05) is 48.5 Å². The Labute approximate surface area is 199 Å². The summed E-state index contributed by atoms with van der Waals surface area (Å²) in [5.41, 5.74) is 4.81. The monoisotopic (exact) mass is 446 g/mol. The number of anilines is 3. The molecular formula is C29H26N4O. The second kappa shape index (κ2) is 6.60. The van der Waals surface area contributed by atoms with Crippen LogP contribution in [0, 0.1) is 0 Å². The number of aliphatic imine (C=N–C) groups is 1. The van der Waals surface area contributed by atoms with E-state index >= 15 is 0 Å². The molecule has 1 atom stereocenters. The van der Waals surface area contributed by atoms with Crippen molar-refractivity contribution in [3.05, 3.63) is 84.1 Å². The molecular weight excluding hydrogens is 420 g/mol. The average molecular weight is 447 g/mol. The number of hydrogen-bond acceptors (Lipinski definition) is 5. The lowest BCUT2D eigenvalue weighted by molar-refractivity contribution is 0.0825. The molecule has 0 saturated carbocycles. The predicted molar refractivity (Wildman–Crippen MR) is 138 cm³/mol. The third-order valence-electron chi connectivity index (χ3n) is 7.94. The van der Waals surface area contributed by atoms with Gasteiger partial charge in [-0.3, -0.25) is 4.99 Å². The Morgan fingerprint density at radius 2 is 1.71 bits per heavy atom. The molecule has 168 valence electrons. The van der Waals surface area contributed by atoms with E-state index in [9.17, 15) is 0 Å². The van der Waals surface area contributed by atoms with Gasteiger partial charge in [0.05, 0.1) is 17.3 Å². The minimum absolute atomic E-state index is 0.335. The molecule has 1 unspecified atom stereocenters. The van der Waals surface area contributed by atoms with Crippen LogP contribution in [0.25, 0.3) is 10.8 Å². The largest absolute Gasteiger partial charge is 0.459 e. The zero-order valence-corrected chi connectivity index (χ0v) is 19.6. The molecule has 5 nitrogen and oxygen atoms in total. The molecule has 0 aliphatic carbocycles. The van der Waals surface area contributed by atoms with Gasteiger partial charge in [-0.15, -0.1) is 0 Å². The van der Waals surface area contributed by atoms with E-state index in [1.54, 1.807) is 0 Å². The lowest BCUT2D eigenvalue weighted by Crippen LogP contribution is -2.61. The zero-order valence-electron chi connectivity index (χ0n) is 19.6. The van der Waals surface area contributed by atoms with Gasteiger partial charge >= 0.3 is 0 Å². The summed E-state index contributed by atoms with van der Waals surface area (Å²) < 4.78 is 7.00. The van der Waals surface area contributed by atoms with Crippen LogP contribution in [0.4, 0.5) is 22.9 Å². The molecule has 4 aromatic rings. The molecule has 3 aromatic carbocycles. The maximum absolute atomic E-state index is 7.00. The third-order valence-corrected chi connectivity index (χ3v) is 7.94. The summed E-state index contributed by atoms with van der Waals surface area (Å²) in [6.45, 7) is 5.39. The maximum Gasteiger partial charge on any atom is 0.229 e. The van der Waals surface area contributed by atoms with Crippen molar-refractivity contribution in [2.45, 2.75) is 31.4 Å². The molecule has 3 aliphatic rings. The molecule has 4 heterocycles. The van der Waals surface area contributed by atoms with E-state index in [-0.39, 0.29) is 5.41 Å². The normalized spacial score (nSPS) is 21.5. The molecule has 1 spiro atoms. The van der Waals surface area contributed by atoms with Crippen LogP contribution in [0.1, 0.15) is 25.0 Å². The van der Waals surface area contributed by atoms with Crippen molar-refractivity contribution in [2.75, 3.05) is 23.4 Å². The van der Waals surface area contributed by atoms with E-state index in [2.05, 4.69) is 96.3 Å². The second-order valence-corrected chi connectivity index (χ2v) is 9.93. The highest BCUT2D eigenvalue weighted by Crippen LogP contribution is 2.55. The first kappa shape index (κ1) is 19.6. The smallest absolute Gasteiger partial charge is 0.229 e. The molecule has 0 bridgehead atoms. The van der Waals surface area contributed by atoms with E-state index in [1.807, 2.05) is 18.5 Å². The van der Waals surface area contributed by atoms with Gasteiger partial charge in [-0.2, -0.15) is 0 Å². The number of benzene rings is 3. The fourth-order valence-electron chi connectivity index (χ4n) is 6.05. The highest BCUT2D eigenvalue weighted by Gasteiger charge is 2.59. The number of aromatic nitrogens is 1. The molecule has 0 radical (unpaired) electrons. The quantitative estimate of drug-likeness (QED) is 0.352. The van der Waals surface area contributed by atoms with Crippen molar-refractivity contribution in [1.29, 1.82) is 0 Å². The van der Waals surface area contributed by atoms with Crippen LogP contribution in [-0.2, 0) is 11.8 Å². The first-order chi connectivity index (χ1) is 16.5. The van der Waals surface area contributed by atoms with Crippen molar-refractivity contribution < 1.29 is 4.74 Å². The molecule has 5 heteroatoms. The van der Waals surface area contributed by atoms with E-state index < -0.39 is 5.72 Å². The van der Waals surface area contributed by atoms with Crippen LogP contribution in [0.2, 0.25) is 0 Å². The molecule has 0 amide bonds. The van der Waals surface area contributed by atoms with E-state index in [0.717, 1.165) is 35.6 Å². The zero-order chi connectivity index (χ0) is 23.1. The van der Waals surface area contributed by atoms with E-state index in [0.29, 0.717) is 0 Å². The van der Waals surface area contributed by atoms with E-state index in [1.165, 1.54) is 27.9 Å². The van der Waals surface area contributed by atoms with Gasteiger partial charge in [-0.05, 0) is 38.0 Å². The molecule has 0 fully saturated rings. The van der Waals surface area contributed by atoms with Gasteiger partial charge < -0.3 is 14.5 Å². The highest BCUT2D eigenvalue weighted by atomic mass is 16.5. The van der Waals surface area contributed by atoms with Crippen LogP contribution < -0.4 is 14.5 Å². The SMILES string of the molecule is CN1c2ncccc2C(C)(C)C12C=Nc1c(cc(N3CCc4ccccc43)c3ccccc13)O2. The van der Waals surface area contributed by atoms with Crippen LogP contribution in [0.15, 0.2) is 77.9 Å². The molecule has 3 aliphatic heterocycles. The highest BCUT2D eigenvalue weighted by molar-refractivity contribution is 6.07. The summed E-state index contributed by atoms with van der Waals surface area (Å²) in [5, 5.41) is 2.30. The van der Waals surface area contributed by atoms with Gasteiger partial charge in [0.1, 0.15) is 11.5 Å². The fourth-order valence-corrected chi connectivity index (χ4v) is 6.05. The summed E-state index contributed by atoms with van der Waals surface area (Å²) >= 11 is 0. The summed E-state index contributed by atoms with van der Waals surface area (Å²) in [6.07, 6.45) is 4.87. The number of pyridine rings is 1. The number of ether oxygens (including phenoxy) is 1. The summed E-state index contributed by atoms with van der Waals surface area (Å²) in [4.78, 5) is 14.3. The molecule has 34 heavy (non-hydrogen) atoms. The first-order valence-corrected chi connectivity index (χ1v) is 11.9. The summed E-state index contributed by atoms with van der Waals surface area (Å²) in [7, 11) is 2.05. The fraction of sp³-hybridized carbons (Fsp3) is 0.241. The Morgan fingerprint density at radius 3 is 2.56 bits per heavy atom. The minimum atomic E-state index is -0.751. The lowest BCUT2D eigenvalue weighted by Gasteiger charge is -2.44. The molecule has 0 saturated heterocycles. The van der Waals surface area contributed by atoms with Crippen LogP contribution >= 0.6 is 0 Å². The minimum Gasteiger partial charge on any atom is -0.459 e. The third kappa shape index (κ3) is 2.34. The van der Waals surface area contributed by atoms with Crippen LogP contribution in [0.3, 0.4) is 0 Å². The van der Waals surface area contributed by atoms with Crippen molar-refractivity contribution in [3.8, 4) is 5.75 Å². The van der Waals surface area contributed by atoms with Crippen LogP contribution in [0.5, 0.6) is 5.75 Å². The Balaban J connectivity index is 1.43. The number of fused-ring (bicyclic) bond motifs is 5. The number of nitrogens with zero attached hydrogens (tertiary/aromatic N) is 4. The van der Waals surface area contributed by atoms with Gasteiger partial charge in [0.25, 0.3) is 0 Å². The van der Waals surface area contributed by atoms with Crippen molar-refractivity contribution >= 4 is 39.9 Å². The number of hydrogen-bond donors (Lipinski definition) is 0. The number of likely N-dealkylation sites (N-methyl/N-ethyl adjacent to an activating group) is 1. The Kier molecular flexibility index (Phi) is 3.80. The Bertz CT molecular complexity index is 1510. The standard InChI is InChI=1S/C29H26N4O/c1-28(2)22-12-8-15-30-27(22)32(3)29(28)18-31-26-21-11-6-5-10-20(21)24(17-25(26)34-29)33-16-14-19-9-4-7-13-23(19)33/h4-13,15,17-18H,14,16H2,1-3H3. The van der Waals surface area contributed by atoms with Gasteiger partial charge in [0, 0.05) is 47.9 Å². The van der Waals surface area contributed by atoms with Crippen molar-refractivity contribution in [2.24, 2.45) is 4.99 Å². The van der Waals surface area contributed by atoms with Crippen molar-refractivity contribution in [3.63, 3.8) is 0 Å².